The van der Waals surface area contributed by atoms with E-state index in [4.69, 9.17) is 0 Å². The van der Waals surface area contributed by atoms with Gasteiger partial charge in [-0.25, -0.2) is 0 Å². The normalized spacial score (nSPS) is 24.5. The highest BCUT2D eigenvalue weighted by Gasteiger charge is 2.11. The van der Waals surface area contributed by atoms with E-state index in [1.165, 1.54) is 19.3 Å². The predicted octanol–water partition coefficient (Wildman–Crippen LogP) is 0.831. The van der Waals surface area contributed by atoms with Gasteiger partial charge in [0.15, 0.2) is 7.28 Å². The third-order valence-electron chi connectivity index (χ3n) is 2.19. The van der Waals surface area contributed by atoms with Crippen LogP contribution in [0.1, 0.15) is 25.7 Å². The lowest BCUT2D eigenvalue weighted by Crippen LogP contribution is -2.33. The molecule has 1 heterocycles. The number of hydrogen-bond acceptors (Lipinski definition) is 2. The molecule has 0 spiro atoms. The summed E-state index contributed by atoms with van der Waals surface area (Å²) in [6.07, 6.45) is 6.89. The largest absolute Gasteiger partial charge is 0.316 e. The highest BCUT2D eigenvalue weighted by molar-refractivity contribution is 6.66. The van der Waals surface area contributed by atoms with E-state index in [2.05, 4.69) is 5.32 Å². The Morgan fingerprint density at radius 1 is 1.55 bits per heavy atom. The lowest BCUT2D eigenvalue weighted by Gasteiger charge is -2.22. The number of nitrogens with one attached hydrogen (secondary N) is 1. The molecule has 0 amide bonds. The summed E-state index contributed by atoms with van der Waals surface area (Å²) in [7, 11) is 1.70. The van der Waals surface area contributed by atoms with Crippen LogP contribution >= 0.6 is 0 Å². The van der Waals surface area contributed by atoms with Crippen molar-refractivity contribution in [3.8, 4) is 0 Å². The van der Waals surface area contributed by atoms with Crippen LogP contribution in [0.3, 0.4) is 0 Å². The molecule has 0 aromatic carbocycles. The number of carbonyl (C=O) groups excluding carboxylic acids is 1. The Labute approximate surface area is 69.0 Å². The second-order valence-electron chi connectivity index (χ2n) is 3.10. The molecule has 1 rings (SSSR count). The summed E-state index contributed by atoms with van der Waals surface area (Å²) >= 11 is 0. The molecule has 0 saturated carbocycles. The molecule has 0 aromatic rings. The van der Waals surface area contributed by atoms with Crippen LogP contribution in [0.15, 0.2) is 0 Å². The first kappa shape index (κ1) is 8.79. The molecular weight excluding hydrogens is 137 g/mol. The van der Waals surface area contributed by atoms with Gasteiger partial charge in [-0.3, -0.25) is 0 Å². The van der Waals surface area contributed by atoms with Gasteiger partial charge in [0.05, 0.1) is 6.19 Å². The predicted molar refractivity (Wildman–Crippen MR) is 47.6 cm³/mol. The molecule has 11 heavy (non-hydrogen) atoms. The molecule has 1 saturated heterocycles. The lowest BCUT2D eigenvalue weighted by molar-refractivity contribution is 0.393. The third kappa shape index (κ3) is 3.56. The Morgan fingerprint density at radius 2 is 2.45 bits per heavy atom. The van der Waals surface area contributed by atoms with Gasteiger partial charge in [-0.15, -0.1) is 0 Å². The fraction of sp³-hybridized carbons (Fsp3) is 0.875. The SMILES string of the molecule is O=C[B]CCC1CCCCN1. The molecule has 1 aliphatic heterocycles. The summed E-state index contributed by atoms with van der Waals surface area (Å²) in [5, 5.41) is 3.44. The zero-order valence-electron chi connectivity index (χ0n) is 6.88. The molecule has 0 aliphatic carbocycles. The first-order valence-corrected chi connectivity index (χ1v) is 4.44. The number of hydrogen-bond donors (Lipinski definition) is 1. The molecule has 3 heteroatoms. The number of piperidine rings is 1. The smallest absolute Gasteiger partial charge is 0.197 e. The summed E-state index contributed by atoms with van der Waals surface area (Å²) in [5.74, 6) is 0. The van der Waals surface area contributed by atoms with E-state index in [0.29, 0.717) is 6.04 Å². The Hall–Kier alpha value is -0.305. The van der Waals surface area contributed by atoms with E-state index in [-0.39, 0.29) is 0 Å². The monoisotopic (exact) mass is 152 g/mol. The van der Waals surface area contributed by atoms with Gasteiger partial charge in [0.2, 0.25) is 0 Å². The van der Waals surface area contributed by atoms with Crippen molar-refractivity contribution in [1.29, 1.82) is 0 Å². The average Bonchev–Trinajstić information content (AvgIpc) is 2.07. The first-order valence-electron chi connectivity index (χ1n) is 4.44. The topological polar surface area (TPSA) is 29.1 Å². The van der Waals surface area contributed by atoms with Crippen molar-refractivity contribution in [2.75, 3.05) is 6.54 Å². The zero-order valence-corrected chi connectivity index (χ0v) is 6.88. The van der Waals surface area contributed by atoms with Gasteiger partial charge in [0.1, 0.15) is 0 Å². The van der Waals surface area contributed by atoms with Crippen molar-refractivity contribution in [2.24, 2.45) is 0 Å². The van der Waals surface area contributed by atoms with Gasteiger partial charge >= 0.3 is 0 Å². The van der Waals surface area contributed by atoms with Crippen LogP contribution in [0.5, 0.6) is 0 Å². The molecule has 0 aromatic heterocycles. The maximum atomic E-state index is 9.97. The summed E-state index contributed by atoms with van der Waals surface area (Å²) in [5.41, 5.74) is 0. The quantitative estimate of drug-likeness (QED) is 0.367. The van der Waals surface area contributed by atoms with Crippen molar-refractivity contribution in [1.82, 2.24) is 5.32 Å². The zero-order chi connectivity index (χ0) is 7.94. The molecule has 1 radical (unpaired) electrons. The highest BCUT2D eigenvalue weighted by Crippen LogP contribution is 2.11. The Balaban J connectivity index is 2.00. The van der Waals surface area contributed by atoms with E-state index in [1.807, 2.05) is 0 Å². The number of rotatable bonds is 4. The standard InChI is InChI=1S/C8H15BNO/c11-7-9-5-4-8-3-1-2-6-10-8/h7-8,10H,1-6H2. The molecule has 61 valence electrons. The van der Waals surface area contributed by atoms with Crippen LogP contribution in [0, 0.1) is 0 Å². The molecule has 0 bridgehead atoms. The van der Waals surface area contributed by atoms with E-state index >= 15 is 0 Å². The minimum atomic E-state index is 0.667. The lowest BCUT2D eigenvalue weighted by atomic mass is 9.74. The maximum Gasteiger partial charge on any atom is 0.197 e. The minimum Gasteiger partial charge on any atom is -0.316 e. The molecule has 1 atom stereocenters. The summed E-state index contributed by atoms with van der Waals surface area (Å²) in [6, 6.07) is 0.667. The van der Waals surface area contributed by atoms with Gasteiger partial charge in [0, 0.05) is 6.04 Å². The van der Waals surface area contributed by atoms with Gasteiger partial charge in [-0.05, 0) is 25.8 Å². The number of carbonyl (C=O) groups is 1. The molecule has 2 nitrogen and oxygen atoms in total. The van der Waals surface area contributed by atoms with Crippen LogP contribution in [-0.2, 0) is 4.79 Å². The second kappa shape index (κ2) is 5.36. The fourth-order valence-corrected chi connectivity index (χ4v) is 1.54. The first-order chi connectivity index (χ1) is 5.43. The second-order valence-corrected chi connectivity index (χ2v) is 3.10. The van der Waals surface area contributed by atoms with Gasteiger partial charge in [-0.1, -0.05) is 12.7 Å². The van der Waals surface area contributed by atoms with Gasteiger partial charge in [0.25, 0.3) is 0 Å². The van der Waals surface area contributed by atoms with Crippen LogP contribution < -0.4 is 5.32 Å². The van der Waals surface area contributed by atoms with Crippen molar-refractivity contribution < 1.29 is 4.79 Å². The van der Waals surface area contributed by atoms with Crippen molar-refractivity contribution in [2.45, 2.75) is 38.0 Å². The maximum absolute atomic E-state index is 9.97. The minimum absolute atomic E-state index is 0.667. The van der Waals surface area contributed by atoms with E-state index in [9.17, 15) is 4.79 Å². The van der Waals surface area contributed by atoms with Crippen LogP contribution in [-0.4, -0.2) is 26.1 Å². The van der Waals surface area contributed by atoms with Gasteiger partial charge < -0.3 is 10.1 Å². The van der Waals surface area contributed by atoms with Crippen LogP contribution in [0.2, 0.25) is 6.32 Å². The van der Waals surface area contributed by atoms with Crippen molar-refractivity contribution in [3.63, 3.8) is 0 Å². The molecule has 1 unspecified atom stereocenters. The summed E-state index contributed by atoms with van der Waals surface area (Å²) in [6.45, 7) is 1.16. The highest BCUT2D eigenvalue weighted by atomic mass is 16.1. The summed E-state index contributed by atoms with van der Waals surface area (Å²) < 4.78 is 0. The van der Waals surface area contributed by atoms with Crippen molar-refractivity contribution in [3.05, 3.63) is 0 Å². The van der Waals surface area contributed by atoms with Crippen molar-refractivity contribution >= 4 is 13.5 Å². The van der Waals surface area contributed by atoms with E-state index in [0.717, 1.165) is 25.5 Å². The molecule has 1 fully saturated rings. The Morgan fingerprint density at radius 3 is 3.09 bits per heavy atom. The Kier molecular flexibility index (Phi) is 4.28. The van der Waals surface area contributed by atoms with Gasteiger partial charge in [-0.2, -0.15) is 0 Å². The fourth-order valence-electron chi connectivity index (χ4n) is 1.54. The van der Waals surface area contributed by atoms with E-state index < -0.39 is 0 Å². The molecule has 1 aliphatic rings. The molecular formula is C8H15BNO. The average molecular weight is 152 g/mol. The summed E-state index contributed by atoms with van der Waals surface area (Å²) in [4.78, 5) is 9.97. The third-order valence-corrected chi connectivity index (χ3v) is 2.19. The molecule has 1 N–H and O–H groups in total. The Bertz CT molecular complexity index is 113. The van der Waals surface area contributed by atoms with Crippen LogP contribution in [0.25, 0.3) is 0 Å². The van der Waals surface area contributed by atoms with Crippen LogP contribution in [0.4, 0.5) is 0 Å². The van der Waals surface area contributed by atoms with E-state index in [1.54, 1.807) is 7.28 Å².